The van der Waals surface area contributed by atoms with Gasteiger partial charge in [-0.2, -0.15) is 4.98 Å². The zero-order chi connectivity index (χ0) is 13.9. The van der Waals surface area contributed by atoms with Crippen molar-refractivity contribution in [3.05, 3.63) is 41.5 Å². The second-order valence-electron chi connectivity index (χ2n) is 4.45. The minimum Gasteiger partial charge on any atom is -0.345 e. The SMILES string of the molecule is O=C1CCc2cc(C(=O)NCc3ncon3)ccc2N1. The highest BCUT2D eigenvalue weighted by Crippen LogP contribution is 2.23. The van der Waals surface area contributed by atoms with E-state index >= 15 is 0 Å². The van der Waals surface area contributed by atoms with Crippen molar-refractivity contribution in [1.29, 1.82) is 0 Å². The summed E-state index contributed by atoms with van der Waals surface area (Å²) in [5, 5.41) is 9.10. The molecule has 1 aromatic heterocycles. The van der Waals surface area contributed by atoms with Crippen molar-refractivity contribution in [2.24, 2.45) is 0 Å². The lowest BCUT2D eigenvalue weighted by atomic mass is 10.00. The maximum atomic E-state index is 12.0. The Labute approximate surface area is 114 Å². The van der Waals surface area contributed by atoms with Gasteiger partial charge in [-0.15, -0.1) is 0 Å². The Hall–Kier alpha value is -2.70. The summed E-state index contributed by atoms with van der Waals surface area (Å²) >= 11 is 0. The molecule has 0 bridgehead atoms. The predicted octanol–water partition coefficient (Wildman–Crippen LogP) is 0.884. The van der Waals surface area contributed by atoms with Crippen LogP contribution in [-0.2, 0) is 17.8 Å². The number of nitrogens with one attached hydrogen (secondary N) is 2. The third-order valence-corrected chi connectivity index (χ3v) is 3.08. The lowest BCUT2D eigenvalue weighted by Crippen LogP contribution is -2.24. The average Bonchev–Trinajstić information content (AvgIpc) is 2.97. The number of fused-ring (bicyclic) bond motifs is 1. The third kappa shape index (κ3) is 2.51. The highest BCUT2D eigenvalue weighted by molar-refractivity contribution is 5.97. The molecule has 0 radical (unpaired) electrons. The fourth-order valence-electron chi connectivity index (χ4n) is 2.06. The number of rotatable bonds is 3. The van der Waals surface area contributed by atoms with Crippen LogP contribution in [0.3, 0.4) is 0 Å². The van der Waals surface area contributed by atoms with Gasteiger partial charge in [-0.05, 0) is 30.2 Å². The zero-order valence-electron chi connectivity index (χ0n) is 10.5. The summed E-state index contributed by atoms with van der Waals surface area (Å²) in [6.07, 6.45) is 2.30. The Morgan fingerprint density at radius 2 is 2.30 bits per heavy atom. The lowest BCUT2D eigenvalue weighted by Gasteiger charge is -2.17. The summed E-state index contributed by atoms with van der Waals surface area (Å²) in [5.74, 6) is 0.213. The second kappa shape index (κ2) is 5.12. The van der Waals surface area contributed by atoms with Crippen LogP contribution in [0.15, 0.2) is 29.1 Å². The van der Waals surface area contributed by atoms with Crippen molar-refractivity contribution in [3.63, 3.8) is 0 Å². The van der Waals surface area contributed by atoms with E-state index in [0.29, 0.717) is 24.2 Å². The number of aromatic nitrogens is 2. The van der Waals surface area contributed by atoms with Crippen LogP contribution >= 0.6 is 0 Å². The van der Waals surface area contributed by atoms with Gasteiger partial charge in [-0.3, -0.25) is 9.59 Å². The fraction of sp³-hybridized carbons (Fsp3) is 0.231. The highest BCUT2D eigenvalue weighted by Gasteiger charge is 2.16. The molecule has 20 heavy (non-hydrogen) atoms. The molecule has 7 heteroatoms. The number of nitrogens with zero attached hydrogens (tertiary/aromatic N) is 2. The van der Waals surface area contributed by atoms with E-state index in [-0.39, 0.29) is 18.4 Å². The number of hydrogen-bond donors (Lipinski definition) is 2. The first-order valence-corrected chi connectivity index (χ1v) is 6.18. The molecular formula is C13H12N4O3. The van der Waals surface area contributed by atoms with Gasteiger partial charge in [0.15, 0.2) is 5.82 Å². The highest BCUT2D eigenvalue weighted by atomic mass is 16.5. The molecular weight excluding hydrogens is 260 g/mol. The van der Waals surface area contributed by atoms with Crippen LogP contribution in [0.25, 0.3) is 0 Å². The fourth-order valence-corrected chi connectivity index (χ4v) is 2.06. The van der Waals surface area contributed by atoms with E-state index in [1.807, 2.05) is 0 Å². The molecule has 7 nitrogen and oxygen atoms in total. The minimum absolute atomic E-state index is 0.00630. The van der Waals surface area contributed by atoms with Gasteiger partial charge in [0.1, 0.15) is 0 Å². The Bertz CT molecular complexity index is 652. The molecule has 0 aliphatic carbocycles. The predicted molar refractivity (Wildman–Crippen MR) is 68.9 cm³/mol. The Kier molecular flexibility index (Phi) is 3.16. The van der Waals surface area contributed by atoms with Gasteiger partial charge in [0.05, 0.1) is 6.54 Å². The maximum absolute atomic E-state index is 12.0. The molecule has 0 saturated heterocycles. The molecule has 2 amide bonds. The summed E-state index contributed by atoms with van der Waals surface area (Å²) in [7, 11) is 0. The number of aryl methyl sites for hydroxylation is 1. The summed E-state index contributed by atoms with van der Waals surface area (Å²) in [4.78, 5) is 27.1. The van der Waals surface area contributed by atoms with E-state index in [1.54, 1.807) is 18.2 Å². The molecule has 0 atom stereocenters. The van der Waals surface area contributed by atoms with Gasteiger partial charge in [-0.1, -0.05) is 5.16 Å². The molecule has 2 aromatic rings. The number of carbonyl (C=O) groups excluding carboxylic acids is 2. The Morgan fingerprint density at radius 3 is 3.10 bits per heavy atom. The zero-order valence-corrected chi connectivity index (χ0v) is 10.5. The van der Waals surface area contributed by atoms with Gasteiger partial charge < -0.3 is 15.2 Å². The third-order valence-electron chi connectivity index (χ3n) is 3.08. The van der Waals surface area contributed by atoms with E-state index in [4.69, 9.17) is 0 Å². The van der Waals surface area contributed by atoms with Gasteiger partial charge in [0, 0.05) is 17.7 Å². The lowest BCUT2D eigenvalue weighted by molar-refractivity contribution is -0.116. The van der Waals surface area contributed by atoms with Crippen molar-refractivity contribution in [1.82, 2.24) is 15.5 Å². The normalized spacial score (nSPS) is 13.5. The van der Waals surface area contributed by atoms with E-state index in [2.05, 4.69) is 25.3 Å². The van der Waals surface area contributed by atoms with E-state index < -0.39 is 0 Å². The molecule has 0 spiro atoms. The topological polar surface area (TPSA) is 97.1 Å². The Morgan fingerprint density at radius 1 is 1.40 bits per heavy atom. The van der Waals surface area contributed by atoms with Gasteiger partial charge in [0.25, 0.3) is 5.91 Å². The average molecular weight is 272 g/mol. The van der Waals surface area contributed by atoms with Gasteiger partial charge in [0.2, 0.25) is 12.3 Å². The quantitative estimate of drug-likeness (QED) is 0.864. The maximum Gasteiger partial charge on any atom is 0.251 e. The first-order valence-electron chi connectivity index (χ1n) is 6.18. The van der Waals surface area contributed by atoms with Crippen LogP contribution in [0.2, 0.25) is 0 Å². The largest absolute Gasteiger partial charge is 0.345 e. The summed E-state index contributed by atoms with van der Waals surface area (Å²) in [6.45, 7) is 0.211. The van der Waals surface area contributed by atoms with Crippen LogP contribution in [0, 0.1) is 0 Å². The second-order valence-corrected chi connectivity index (χ2v) is 4.45. The van der Waals surface area contributed by atoms with Gasteiger partial charge >= 0.3 is 0 Å². The van der Waals surface area contributed by atoms with Crippen LogP contribution in [0.1, 0.15) is 28.2 Å². The molecule has 0 fully saturated rings. The molecule has 3 rings (SSSR count). The number of amides is 2. The van der Waals surface area contributed by atoms with Crippen molar-refractivity contribution in [2.75, 3.05) is 5.32 Å². The smallest absolute Gasteiger partial charge is 0.251 e. The minimum atomic E-state index is -0.213. The van der Waals surface area contributed by atoms with Crippen LogP contribution in [-0.4, -0.2) is 22.0 Å². The molecule has 1 aliphatic rings. The van der Waals surface area contributed by atoms with E-state index in [0.717, 1.165) is 11.3 Å². The van der Waals surface area contributed by atoms with Crippen LogP contribution in [0.5, 0.6) is 0 Å². The van der Waals surface area contributed by atoms with Gasteiger partial charge in [-0.25, -0.2) is 0 Å². The van der Waals surface area contributed by atoms with Crippen LogP contribution in [0.4, 0.5) is 5.69 Å². The Balaban J connectivity index is 1.70. The first kappa shape index (κ1) is 12.3. The molecule has 102 valence electrons. The van der Waals surface area contributed by atoms with Crippen molar-refractivity contribution in [3.8, 4) is 0 Å². The summed E-state index contributed by atoms with van der Waals surface area (Å²) in [6, 6.07) is 5.21. The van der Waals surface area contributed by atoms with Crippen molar-refractivity contribution >= 4 is 17.5 Å². The number of hydrogen-bond acceptors (Lipinski definition) is 5. The van der Waals surface area contributed by atoms with Crippen molar-refractivity contribution < 1.29 is 14.1 Å². The standard InChI is InChI=1S/C13H12N4O3/c18-12-4-2-8-5-9(1-3-10(8)16-12)13(19)14-6-11-15-7-20-17-11/h1,3,5,7H,2,4,6H2,(H,14,19)(H,16,18). The molecule has 2 heterocycles. The van der Waals surface area contributed by atoms with Crippen LogP contribution < -0.4 is 10.6 Å². The van der Waals surface area contributed by atoms with Crippen molar-refractivity contribution in [2.45, 2.75) is 19.4 Å². The van der Waals surface area contributed by atoms with E-state index in [9.17, 15) is 9.59 Å². The number of carbonyl (C=O) groups is 2. The first-order chi connectivity index (χ1) is 9.72. The molecule has 0 unspecified atom stereocenters. The van der Waals surface area contributed by atoms with E-state index in [1.165, 1.54) is 6.39 Å². The molecule has 1 aliphatic heterocycles. The number of benzene rings is 1. The molecule has 1 aromatic carbocycles. The summed E-state index contributed by atoms with van der Waals surface area (Å²) in [5.41, 5.74) is 2.29. The summed E-state index contributed by atoms with van der Waals surface area (Å²) < 4.78 is 4.58. The number of anilines is 1. The molecule has 2 N–H and O–H groups in total. The monoisotopic (exact) mass is 272 g/mol. The molecule has 0 saturated carbocycles.